The molecule has 1 atom stereocenters. The van der Waals surface area contributed by atoms with Crippen LogP contribution < -0.4 is 4.74 Å². The molecule has 0 fully saturated rings. The van der Waals surface area contributed by atoms with E-state index in [1.165, 1.54) is 7.11 Å². The minimum Gasteiger partial charge on any atom is -0.480 e. The van der Waals surface area contributed by atoms with Crippen LogP contribution in [0.3, 0.4) is 0 Å². The van der Waals surface area contributed by atoms with Crippen molar-refractivity contribution in [2.24, 2.45) is 0 Å². The van der Waals surface area contributed by atoms with E-state index in [1.54, 1.807) is 6.20 Å². The van der Waals surface area contributed by atoms with Gasteiger partial charge in [-0.2, -0.15) is 4.98 Å². The van der Waals surface area contributed by atoms with Crippen molar-refractivity contribution < 1.29 is 14.6 Å². The van der Waals surface area contributed by atoms with Gasteiger partial charge in [0.05, 0.1) is 11.6 Å². The number of carboxylic acid groups (broad SMARTS) is 1. The van der Waals surface area contributed by atoms with E-state index in [2.05, 4.69) is 25.9 Å². The van der Waals surface area contributed by atoms with Gasteiger partial charge < -0.3 is 9.84 Å². The molecule has 0 spiro atoms. The zero-order chi connectivity index (χ0) is 12.1. The van der Waals surface area contributed by atoms with Crippen molar-refractivity contribution in [1.29, 1.82) is 0 Å². The maximum Gasteiger partial charge on any atom is 0.317 e. The molecular weight excluding hydrogens is 296 g/mol. The van der Waals surface area contributed by atoms with Crippen molar-refractivity contribution in [2.45, 2.75) is 23.8 Å². The first kappa shape index (κ1) is 13.2. The highest BCUT2D eigenvalue weighted by atomic mass is 79.9. The van der Waals surface area contributed by atoms with Gasteiger partial charge in [-0.3, -0.25) is 4.79 Å². The molecule has 1 N–H and O–H groups in total. The standard InChI is InChI=1S/C9H11BrN2O3S/c1-3-6(8(13)14)16-9-11-4-5(10)7(12-9)15-2/h4,6H,3H2,1-2H3,(H,13,14). The molecule has 0 aliphatic carbocycles. The Morgan fingerprint density at radius 2 is 2.44 bits per heavy atom. The molecule has 1 unspecified atom stereocenters. The number of methoxy groups -OCH3 is 1. The number of halogens is 1. The van der Waals surface area contributed by atoms with E-state index in [0.29, 0.717) is 21.9 Å². The predicted octanol–water partition coefficient (Wildman–Crippen LogP) is 2.20. The Labute approximate surface area is 106 Å². The quantitative estimate of drug-likeness (QED) is 0.664. The minimum atomic E-state index is -0.863. The number of hydrogen-bond acceptors (Lipinski definition) is 5. The highest BCUT2D eigenvalue weighted by molar-refractivity contribution is 9.10. The van der Waals surface area contributed by atoms with Crippen LogP contribution in [0.4, 0.5) is 0 Å². The van der Waals surface area contributed by atoms with Crippen LogP contribution in [0.5, 0.6) is 5.88 Å². The molecule has 88 valence electrons. The Hall–Kier alpha value is -0.820. The summed E-state index contributed by atoms with van der Waals surface area (Å²) >= 11 is 4.34. The first-order valence-electron chi connectivity index (χ1n) is 4.54. The average Bonchev–Trinajstić information content (AvgIpc) is 2.27. The van der Waals surface area contributed by atoms with Gasteiger partial charge in [-0.1, -0.05) is 18.7 Å². The minimum absolute atomic E-state index is 0.398. The number of carbonyl (C=O) groups is 1. The van der Waals surface area contributed by atoms with E-state index in [-0.39, 0.29) is 0 Å². The Bertz CT molecular complexity index is 389. The fourth-order valence-corrected chi connectivity index (χ4v) is 2.10. The third-order valence-corrected chi connectivity index (χ3v) is 3.55. The molecule has 0 saturated heterocycles. The smallest absolute Gasteiger partial charge is 0.317 e. The molecule has 0 amide bonds. The Morgan fingerprint density at radius 3 is 2.94 bits per heavy atom. The predicted molar refractivity (Wildman–Crippen MR) is 63.9 cm³/mol. The van der Waals surface area contributed by atoms with Crippen molar-refractivity contribution in [3.8, 4) is 5.88 Å². The number of ether oxygens (including phenoxy) is 1. The lowest BCUT2D eigenvalue weighted by Crippen LogP contribution is -2.15. The number of aliphatic carboxylic acids is 1. The van der Waals surface area contributed by atoms with Gasteiger partial charge in [0.15, 0.2) is 5.16 Å². The van der Waals surface area contributed by atoms with Gasteiger partial charge in [0.25, 0.3) is 0 Å². The molecule has 1 aromatic heterocycles. The van der Waals surface area contributed by atoms with Crippen LogP contribution in [0.15, 0.2) is 15.8 Å². The largest absolute Gasteiger partial charge is 0.480 e. The second-order valence-electron chi connectivity index (χ2n) is 2.86. The summed E-state index contributed by atoms with van der Waals surface area (Å²) in [6.45, 7) is 1.81. The molecule has 0 aromatic carbocycles. The van der Waals surface area contributed by atoms with Crippen LogP contribution in [-0.4, -0.2) is 33.4 Å². The Morgan fingerprint density at radius 1 is 1.75 bits per heavy atom. The molecule has 5 nitrogen and oxygen atoms in total. The first-order valence-corrected chi connectivity index (χ1v) is 6.21. The second kappa shape index (κ2) is 6.05. The molecule has 0 radical (unpaired) electrons. The topological polar surface area (TPSA) is 72.3 Å². The lowest BCUT2D eigenvalue weighted by atomic mass is 10.3. The average molecular weight is 307 g/mol. The molecule has 1 heterocycles. The fourth-order valence-electron chi connectivity index (χ4n) is 0.972. The maximum absolute atomic E-state index is 10.8. The third-order valence-electron chi connectivity index (χ3n) is 1.78. The van der Waals surface area contributed by atoms with Gasteiger partial charge in [-0.25, -0.2) is 4.98 Å². The van der Waals surface area contributed by atoms with Gasteiger partial charge in [0, 0.05) is 6.20 Å². The molecule has 7 heteroatoms. The van der Waals surface area contributed by atoms with Crippen molar-refractivity contribution >= 4 is 33.7 Å². The maximum atomic E-state index is 10.8. The Kier molecular flexibility index (Phi) is 5.01. The summed E-state index contributed by atoms with van der Waals surface area (Å²) in [6.07, 6.45) is 2.06. The Balaban J connectivity index is 2.84. The van der Waals surface area contributed by atoms with Crippen molar-refractivity contribution in [3.05, 3.63) is 10.7 Å². The number of rotatable bonds is 5. The van der Waals surface area contributed by atoms with E-state index in [4.69, 9.17) is 9.84 Å². The lowest BCUT2D eigenvalue weighted by Gasteiger charge is -2.08. The molecule has 0 saturated carbocycles. The van der Waals surface area contributed by atoms with Crippen LogP contribution in [0.1, 0.15) is 13.3 Å². The second-order valence-corrected chi connectivity index (χ2v) is 4.89. The first-order chi connectivity index (χ1) is 7.58. The number of hydrogen-bond donors (Lipinski definition) is 1. The van der Waals surface area contributed by atoms with E-state index in [0.717, 1.165) is 11.8 Å². The van der Waals surface area contributed by atoms with Crippen molar-refractivity contribution in [2.75, 3.05) is 7.11 Å². The molecule has 0 aliphatic rings. The molecule has 16 heavy (non-hydrogen) atoms. The van der Waals surface area contributed by atoms with Crippen molar-refractivity contribution in [1.82, 2.24) is 9.97 Å². The third kappa shape index (κ3) is 3.34. The summed E-state index contributed by atoms with van der Waals surface area (Å²) in [5.74, 6) is -0.462. The van der Waals surface area contributed by atoms with Crippen LogP contribution in [-0.2, 0) is 4.79 Å². The lowest BCUT2D eigenvalue weighted by molar-refractivity contribution is -0.136. The normalized spacial score (nSPS) is 12.2. The molecule has 1 aromatic rings. The van der Waals surface area contributed by atoms with Crippen LogP contribution >= 0.6 is 27.7 Å². The number of nitrogens with zero attached hydrogens (tertiary/aromatic N) is 2. The summed E-state index contributed by atoms with van der Waals surface area (Å²) in [6, 6.07) is 0. The highest BCUT2D eigenvalue weighted by Crippen LogP contribution is 2.27. The van der Waals surface area contributed by atoms with Gasteiger partial charge >= 0.3 is 5.97 Å². The SMILES string of the molecule is CCC(Sc1ncc(Br)c(OC)n1)C(=O)O. The van der Waals surface area contributed by atoms with E-state index < -0.39 is 11.2 Å². The number of thioether (sulfide) groups is 1. The summed E-state index contributed by atoms with van der Waals surface area (Å²) in [5, 5.41) is 8.76. The summed E-state index contributed by atoms with van der Waals surface area (Å²) in [5.41, 5.74) is 0. The van der Waals surface area contributed by atoms with Crippen LogP contribution in [0.2, 0.25) is 0 Å². The van der Waals surface area contributed by atoms with Gasteiger partial charge in [0.2, 0.25) is 5.88 Å². The van der Waals surface area contributed by atoms with Crippen LogP contribution in [0.25, 0.3) is 0 Å². The van der Waals surface area contributed by atoms with E-state index in [9.17, 15) is 4.79 Å². The number of carboxylic acids is 1. The molecular formula is C9H11BrN2O3S. The monoisotopic (exact) mass is 306 g/mol. The number of aromatic nitrogens is 2. The van der Waals surface area contributed by atoms with Gasteiger partial charge in [-0.05, 0) is 22.4 Å². The molecule has 0 bridgehead atoms. The van der Waals surface area contributed by atoms with E-state index in [1.807, 2.05) is 6.92 Å². The van der Waals surface area contributed by atoms with Gasteiger partial charge in [0.1, 0.15) is 5.25 Å². The summed E-state index contributed by atoms with van der Waals surface area (Å²) in [7, 11) is 1.50. The molecule has 0 aliphatic heterocycles. The zero-order valence-electron chi connectivity index (χ0n) is 8.81. The van der Waals surface area contributed by atoms with Crippen molar-refractivity contribution in [3.63, 3.8) is 0 Å². The van der Waals surface area contributed by atoms with Gasteiger partial charge in [-0.15, -0.1) is 0 Å². The van der Waals surface area contributed by atoms with E-state index >= 15 is 0 Å². The summed E-state index contributed by atoms with van der Waals surface area (Å²) in [4.78, 5) is 18.9. The fraction of sp³-hybridized carbons (Fsp3) is 0.444. The summed E-state index contributed by atoms with van der Waals surface area (Å²) < 4.78 is 5.64. The highest BCUT2D eigenvalue weighted by Gasteiger charge is 2.18. The molecule has 1 rings (SSSR count). The van der Waals surface area contributed by atoms with Crippen LogP contribution in [0, 0.1) is 0 Å². The zero-order valence-corrected chi connectivity index (χ0v) is 11.2.